The first-order valence-corrected chi connectivity index (χ1v) is 14.3. The van der Waals surface area contributed by atoms with Gasteiger partial charge in [-0.05, 0) is 66.2 Å². The van der Waals surface area contributed by atoms with E-state index in [1.54, 1.807) is 79.5 Å². The SMILES string of the molecule is COc1ccc(N(C(=O)O)c2nc3cc(N(C)c4ccnc(Nc5ccc(CS(N)(=O)=O)cc5)n4)ccc3n2C)cc1. The molecule has 5 rings (SSSR count). The Kier molecular flexibility index (Phi) is 7.65. The van der Waals surface area contributed by atoms with Crippen LogP contribution in [0.3, 0.4) is 0 Å². The van der Waals surface area contributed by atoms with E-state index >= 15 is 0 Å². The molecule has 4 N–H and O–H groups in total. The van der Waals surface area contributed by atoms with Crippen molar-refractivity contribution in [2.45, 2.75) is 5.75 Å². The number of carboxylic acid groups (broad SMARTS) is 1. The second kappa shape index (κ2) is 11.3. The van der Waals surface area contributed by atoms with Crippen LogP contribution < -0.4 is 25.0 Å². The maximum absolute atomic E-state index is 12.3. The number of amides is 1. The number of anilines is 6. The van der Waals surface area contributed by atoms with Gasteiger partial charge >= 0.3 is 6.09 Å². The summed E-state index contributed by atoms with van der Waals surface area (Å²) in [7, 11) is 1.54. The average molecular weight is 589 g/mol. The zero-order valence-electron chi connectivity index (χ0n) is 23.0. The van der Waals surface area contributed by atoms with Crippen LogP contribution in [0, 0.1) is 0 Å². The van der Waals surface area contributed by atoms with Crippen molar-refractivity contribution in [1.29, 1.82) is 0 Å². The highest BCUT2D eigenvalue weighted by atomic mass is 32.2. The summed E-state index contributed by atoms with van der Waals surface area (Å²) >= 11 is 0. The lowest BCUT2D eigenvalue weighted by Crippen LogP contribution is -2.26. The molecule has 0 saturated carbocycles. The molecule has 3 aromatic carbocycles. The zero-order chi connectivity index (χ0) is 30.0. The summed E-state index contributed by atoms with van der Waals surface area (Å²) in [4.78, 5) is 28.8. The Balaban J connectivity index is 1.39. The largest absolute Gasteiger partial charge is 0.497 e. The summed E-state index contributed by atoms with van der Waals surface area (Å²) in [5, 5.41) is 18.3. The van der Waals surface area contributed by atoms with Gasteiger partial charge in [-0.1, -0.05) is 12.1 Å². The number of aryl methyl sites for hydroxylation is 1. The van der Waals surface area contributed by atoms with E-state index in [0.29, 0.717) is 40.0 Å². The Morgan fingerprint density at radius 1 is 1.02 bits per heavy atom. The van der Waals surface area contributed by atoms with Gasteiger partial charge in [0.1, 0.15) is 11.6 Å². The molecule has 0 saturated heterocycles. The Hall–Kier alpha value is -5.21. The summed E-state index contributed by atoms with van der Waals surface area (Å²) in [6, 6.07) is 20.8. The molecule has 14 heteroatoms. The number of nitrogens with zero attached hydrogens (tertiary/aromatic N) is 6. The van der Waals surface area contributed by atoms with Gasteiger partial charge in [-0.15, -0.1) is 0 Å². The molecule has 2 aromatic heterocycles. The first-order chi connectivity index (χ1) is 20.0. The number of hydrogen-bond acceptors (Lipinski definition) is 9. The number of ether oxygens (including phenoxy) is 1. The van der Waals surface area contributed by atoms with Gasteiger partial charge < -0.3 is 24.6 Å². The van der Waals surface area contributed by atoms with Crippen LogP contribution in [0.2, 0.25) is 0 Å². The number of imidazole rings is 1. The normalized spacial score (nSPS) is 11.3. The molecule has 0 fully saturated rings. The first kappa shape index (κ1) is 28.3. The van der Waals surface area contributed by atoms with Crippen LogP contribution in [0.4, 0.5) is 39.6 Å². The Bertz CT molecular complexity index is 1860. The van der Waals surface area contributed by atoms with Crippen molar-refractivity contribution in [3.05, 3.63) is 84.6 Å². The van der Waals surface area contributed by atoms with Crippen LogP contribution in [-0.2, 0) is 22.8 Å². The number of aromatic nitrogens is 4. The second-order valence-corrected chi connectivity index (χ2v) is 11.0. The molecule has 0 spiro atoms. The van der Waals surface area contributed by atoms with Crippen molar-refractivity contribution in [1.82, 2.24) is 19.5 Å². The van der Waals surface area contributed by atoms with Crippen molar-refractivity contribution in [3.63, 3.8) is 0 Å². The molecule has 0 aliphatic heterocycles. The topological polar surface area (TPSA) is 169 Å². The van der Waals surface area contributed by atoms with Gasteiger partial charge in [-0.25, -0.2) is 33.2 Å². The standard InChI is InChI=1S/C28H28N8O5S/c1-34(25-14-15-30-26(33-25)31-19-6-4-18(5-7-19)17-42(29,39)40)21-10-13-24-23(16-21)32-27(35(24)2)36(28(37)38)20-8-11-22(41-3)12-9-20/h4-16H,17H2,1-3H3,(H,37,38)(H2,29,39,40)(H,30,31,33). The summed E-state index contributed by atoms with van der Waals surface area (Å²) in [6.07, 6.45) is 0.448. The van der Waals surface area contributed by atoms with Gasteiger partial charge in [0.2, 0.25) is 21.9 Å². The van der Waals surface area contributed by atoms with Gasteiger partial charge in [0.25, 0.3) is 0 Å². The van der Waals surface area contributed by atoms with Crippen molar-refractivity contribution < 1.29 is 23.1 Å². The highest BCUT2D eigenvalue weighted by Crippen LogP contribution is 2.32. The lowest BCUT2D eigenvalue weighted by Gasteiger charge is -2.19. The van der Waals surface area contributed by atoms with Crippen LogP contribution in [0.25, 0.3) is 11.0 Å². The minimum absolute atomic E-state index is 0.242. The third kappa shape index (κ3) is 6.09. The predicted molar refractivity (Wildman–Crippen MR) is 161 cm³/mol. The van der Waals surface area contributed by atoms with Crippen LogP contribution in [-0.4, -0.2) is 53.3 Å². The lowest BCUT2D eigenvalue weighted by atomic mass is 10.2. The fourth-order valence-corrected chi connectivity index (χ4v) is 5.06. The maximum Gasteiger partial charge on any atom is 0.418 e. The highest BCUT2D eigenvalue weighted by molar-refractivity contribution is 7.88. The first-order valence-electron chi connectivity index (χ1n) is 12.6. The van der Waals surface area contributed by atoms with Crippen molar-refractivity contribution in [2.24, 2.45) is 12.2 Å². The number of carbonyl (C=O) groups is 1. The molecule has 5 aromatic rings. The molecule has 1 amide bonds. The van der Waals surface area contributed by atoms with Gasteiger partial charge in [-0.2, -0.15) is 4.98 Å². The van der Waals surface area contributed by atoms with E-state index in [9.17, 15) is 18.3 Å². The second-order valence-electron chi connectivity index (χ2n) is 9.39. The predicted octanol–water partition coefficient (Wildman–Crippen LogP) is 4.49. The average Bonchev–Trinajstić information content (AvgIpc) is 3.28. The van der Waals surface area contributed by atoms with Crippen LogP contribution in [0.5, 0.6) is 5.75 Å². The number of hydrogen-bond donors (Lipinski definition) is 3. The Morgan fingerprint density at radius 2 is 1.71 bits per heavy atom. The van der Waals surface area contributed by atoms with E-state index in [1.807, 2.05) is 30.1 Å². The minimum atomic E-state index is -3.62. The van der Waals surface area contributed by atoms with E-state index in [1.165, 1.54) is 0 Å². The van der Waals surface area contributed by atoms with E-state index in [4.69, 9.17) is 9.88 Å². The number of primary sulfonamides is 1. The van der Waals surface area contributed by atoms with E-state index in [0.717, 1.165) is 16.1 Å². The van der Waals surface area contributed by atoms with Gasteiger partial charge in [0.05, 0.1) is 29.6 Å². The molecular weight excluding hydrogens is 560 g/mol. The number of fused-ring (bicyclic) bond motifs is 1. The molecule has 0 atom stereocenters. The van der Waals surface area contributed by atoms with E-state index in [2.05, 4.69) is 20.3 Å². The smallest absolute Gasteiger partial charge is 0.418 e. The molecule has 0 unspecified atom stereocenters. The van der Waals surface area contributed by atoms with Crippen LogP contribution >= 0.6 is 0 Å². The summed E-state index contributed by atoms with van der Waals surface area (Å²) in [6.45, 7) is 0. The molecule has 13 nitrogen and oxygen atoms in total. The molecule has 2 heterocycles. The lowest BCUT2D eigenvalue weighted by molar-refractivity contribution is 0.204. The van der Waals surface area contributed by atoms with Crippen molar-refractivity contribution in [2.75, 3.05) is 29.3 Å². The third-order valence-corrected chi connectivity index (χ3v) is 7.25. The minimum Gasteiger partial charge on any atom is -0.497 e. The molecular formula is C28H28N8O5S. The number of benzene rings is 3. The molecule has 0 aliphatic rings. The zero-order valence-corrected chi connectivity index (χ0v) is 23.8. The van der Waals surface area contributed by atoms with E-state index < -0.39 is 16.1 Å². The molecule has 0 radical (unpaired) electrons. The number of nitrogens with one attached hydrogen (secondary N) is 1. The molecule has 216 valence electrons. The fraction of sp³-hybridized carbons (Fsp3) is 0.143. The van der Waals surface area contributed by atoms with Crippen molar-refractivity contribution >= 4 is 61.9 Å². The van der Waals surface area contributed by atoms with Gasteiger partial charge in [0.15, 0.2) is 0 Å². The van der Waals surface area contributed by atoms with Crippen LogP contribution in [0.1, 0.15) is 5.56 Å². The molecule has 0 aliphatic carbocycles. The Morgan fingerprint density at radius 3 is 2.36 bits per heavy atom. The third-order valence-electron chi connectivity index (χ3n) is 6.51. The Labute approximate surface area is 241 Å². The molecule has 42 heavy (non-hydrogen) atoms. The van der Waals surface area contributed by atoms with Gasteiger partial charge in [-0.3, -0.25) is 0 Å². The summed E-state index contributed by atoms with van der Waals surface area (Å²) < 4.78 is 29.6. The summed E-state index contributed by atoms with van der Waals surface area (Å²) in [5.41, 5.74) is 3.80. The number of methoxy groups -OCH3 is 1. The fourth-order valence-electron chi connectivity index (χ4n) is 4.40. The van der Waals surface area contributed by atoms with E-state index in [-0.39, 0.29) is 11.7 Å². The van der Waals surface area contributed by atoms with Crippen LogP contribution in [0.15, 0.2) is 79.0 Å². The number of nitrogens with two attached hydrogens (primary N) is 1. The van der Waals surface area contributed by atoms with Crippen molar-refractivity contribution in [3.8, 4) is 5.75 Å². The quantitative estimate of drug-likeness (QED) is 0.223. The molecule has 0 bridgehead atoms. The van der Waals surface area contributed by atoms with Gasteiger partial charge in [0, 0.05) is 31.7 Å². The maximum atomic E-state index is 12.3. The summed E-state index contributed by atoms with van der Waals surface area (Å²) in [5.74, 6) is 1.55. The monoisotopic (exact) mass is 588 g/mol. The number of rotatable bonds is 9. The highest BCUT2D eigenvalue weighted by Gasteiger charge is 2.23. The number of sulfonamides is 1.